The van der Waals surface area contributed by atoms with Crippen LogP contribution in [-0.4, -0.2) is 27.4 Å². The molecule has 3 rings (SSSR count). The van der Waals surface area contributed by atoms with Gasteiger partial charge < -0.3 is 0 Å². The molecular formula is C21H21BrFN3OS. The van der Waals surface area contributed by atoms with E-state index in [0.717, 1.165) is 34.9 Å². The quantitative estimate of drug-likeness (QED) is 0.397. The minimum Gasteiger partial charge on any atom is -0.284 e. The van der Waals surface area contributed by atoms with E-state index in [-0.39, 0.29) is 17.0 Å². The van der Waals surface area contributed by atoms with Gasteiger partial charge in [-0.25, -0.2) is 4.39 Å². The van der Waals surface area contributed by atoms with Gasteiger partial charge in [-0.3, -0.25) is 9.69 Å². The topological polar surface area (TPSA) is 45.0 Å². The zero-order valence-corrected chi connectivity index (χ0v) is 17.9. The van der Waals surface area contributed by atoms with E-state index >= 15 is 0 Å². The van der Waals surface area contributed by atoms with E-state index in [4.69, 9.17) is 0 Å². The number of amidine groups is 1. The second-order valence-electron chi connectivity index (χ2n) is 6.48. The fraction of sp³-hybridized carbons (Fsp3) is 0.286. The fourth-order valence-electron chi connectivity index (χ4n) is 2.77. The molecule has 1 heterocycles. The van der Waals surface area contributed by atoms with E-state index in [0.29, 0.717) is 11.7 Å². The van der Waals surface area contributed by atoms with Gasteiger partial charge in [-0.2, -0.15) is 5.10 Å². The van der Waals surface area contributed by atoms with Crippen LogP contribution in [0.25, 0.3) is 0 Å². The number of benzene rings is 2. The molecule has 0 aromatic heterocycles. The maximum atomic E-state index is 13.2. The Kier molecular flexibility index (Phi) is 7.39. The van der Waals surface area contributed by atoms with Crippen LogP contribution >= 0.6 is 27.7 Å². The molecule has 7 heteroatoms. The highest BCUT2D eigenvalue weighted by Crippen LogP contribution is 2.32. The lowest BCUT2D eigenvalue weighted by atomic mass is 10.1. The lowest BCUT2D eigenvalue weighted by Gasteiger charge is -2.15. The van der Waals surface area contributed by atoms with Crippen LogP contribution in [-0.2, 0) is 11.3 Å². The third kappa shape index (κ3) is 5.52. The van der Waals surface area contributed by atoms with E-state index < -0.39 is 0 Å². The van der Waals surface area contributed by atoms with Gasteiger partial charge in [0.15, 0.2) is 5.17 Å². The Bertz CT molecular complexity index is 868. The van der Waals surface area contributed by atoms with Crippen molar-refractivity contribution in [3.05, 3.63) is 69.9 Å². The lowest BCUT2D eigenvalue weighted by molar-refractivity contribution is -0.126. The Labute approximate surface area is 177 Å². The Morgan fingerprint density at radius 3 is 2.57 bits per heavy atom. The molecule has 1 aliphatic rings. The standard InChI is InChI=1S/C21H21BrFN3OS/c1-2-3-4-19-20(27)26(14-16-7-11-18(23)12-8-16)21(28-19)25-24-13-15-5-9-17(22)10-6-15/h5-13,19H,2-4,14H2,1H3/b24-13-,25-21+/t19-/m0/s1. The molecular weight excluding hydrogens is 441 g/mol. The molecule has 4 nitrogen and oxygen atoms in total. The highest BCUT2D eigenvalue weighted by Gasteiger charge is 2.37. The van der Waals surface area contributed by atoms with Crippen molar-refractivity contribution in [1.29, 1.82) is 0 Å². The van der Waals surface area contributed by atoms with Crippen LogP contribution in [0.15, 0.2) is 63.2 Å². The number of nitrogens with zero attached hydrogens (tertiary/aromatic N) is 3. The maximum absolute atomic E-state index is 13.2. The van der Waals surface area contributed by atoms with Crippen LogP contribution in [0.4, 0.5) is 4.39 Å². The molecule has 0 saturated carbocycles. The van der Waals surface area contributed by atoms with Crippen LogP contribution in [0.1, 0.15) is 37.3 Å². The van der Waals surface area contributed by atoms with Crippen molar-refractivity contribution < 1.29 is 9.18 Å². The highest BCUT2D eigenvalue weighted by molar-refractivity contribution is 9.10. The van der Waals surface area contributed by atoms with E-state index in [1.807, 2.05) is 24.3 Å². The van der Waals surface area contributed by atoms with Gasteiger partial charge in [-0.15, -0.1) is 5.10 Å². The Balaban J connectivity index is 1.78. The van der Waals surface area contributed by atoms with E-state index in [2.05, 4.69) is 33.1 Å². The Morgan fingerprint density at radius 1 is 1.18 bits per heavy atom. The van der Waals surface area contributed by atoms with E-state index in [9.17, 15) is 9.18 Å². The summed E-state index contributed by atoms with van der Waals surface area (Å²) in [7, 11) is 0. The minimum atomic E-state index is -0.292. The molecule has 1 aliphatic heterocycles. The molecule has 0 spiro atoms. The van der Waals surface area contributed by atoms with E-state index in [1.165, 1.54) is 23.9 Å². The smallest absolute Gasteiger partial charge is 0.242 e. The van der Waals surface area contributed by atoms with Crippen molar-refractivity contribution in [2.75, 3.05) is 0 Å². The van der Waals surface area contributed by atoms with Crippen molar-refractivity contribution in [2.45, 2.75) is 38.0 Å². The number of hydrogen-bond acceptors (Lipinski definition) is 4. The average molecular weight is 462 g/mol. The van der Waals surface area contributed by atoms with Crippen LogP contribution < -0.4 is 0 Å². The molecule has 2 aromatic rings. The predicted molar refractivity (Wildman–Crippen MR) is 117 cm³/mol. The van der Waals surface area contributed by atoms with Gasteiger partial charge in [-0.1, -0.05) is 71.7 Å². The summed E-state index contributed by atoms with van der Waals surface area (Å²) in [5.74, 6) is -0.250. The van der Waals surface area contributed by atoms with Gasteiger partial charge in [-0.05, 0) is 41.8 Å². The van der Waals surface area contributed by atoms with Gasteiger partial charge in [0.05, 0.1) is 18.0 Å². The first kappa shape index (κ1) is 20.7. The zero-order valence-electron chi connectivity index (χ0n) is 15.5. The third-order valence-electron chi connectivity index (χ3n) is 4.31. The molecule has 1 fully saturated rings. The Morgan fingerprint density at radius 2 is 1.89 bits per heavy atom. The summed E-state index contributed by atoms with van der Waals surface area (Å²) in [5, 5.41) is 8.94. The first-order chi connectivity index (χ1) is 13.6. The number of amides is 1. The normalized spacial score (nSPS) is 18.5. The third-order valence-corrected chi connectivity index (χ3v) is 6.08. The molecule has 2 aromatic carbocycles. The number of carbonyl (C=O) groups is 1. The predicted octanol–water partition coefficient (Wildman–Crippen LogP) is 5.61. The summed E-state index contributed by atoms with van der Waals surface area (Å²) in [6.07, 6.45) is 4.51. The van der Waals surface area contributed by atoms with Crippen molar-refractivity contribution in [3.8, 4) is 0 Å². The van der Waals surface area contributed by atoms with Crippen molar-refractivity contribution in [2.24, 2.45) is 10.2 Å². The zero-order chi connectivity index (χ0) is 19.9. The summed E-state index contributed by atoms with van der Waals surface area (Å²) in [6.45, 7) is 2.47. The highest BCUT2D eigenvalue weighted by atomic mass is 79.9. The number of thioether (sulfide) groups is 1. The molecule has 0 radical (unpaired) electrons. The van der Waals surface area contributed by atoms with Gasteiger partial charge in [0.1, 0.15) is 5.82 Å². The number of rotatable bonds is 7. The molecule has 146 valence electrons. The molecule has 1 atom stereocenters. The second kappa shape index (κ2) is 9.98. The number of carbonyl (C=O) groups excluding carboxylic acids is 1. The maximum Gasteiger partial charge on any atom is 0.242 e. The lowest BCUT2D eigenvalue weighted by Crippen LogP contribution is -2.31. The van der Waals surface area contributed by atoms with Crippen molar-refractivity contribution >= 4 is 45.0 Å². The van der Waals surface area contributed by atoms with Gasteiger partial charge >= 0.3 is 0 Å². The summed E-state index contributed by atoms with van der Waals surface area (Å²) >= 11 is 4.86. The van der Waals surface area contributed by atoms with Crippen LogP contribution in [0.3, 0.4) is 0 Å². The summed E-state index contributed by atoms with van der Waals surface area (Å²) in [5.41, 5.74) is 1.78. The summed E-state index contributed by atoms with van der Waals surface area (Å²) in [4.78, 5) is 14.5. The van der Waals surface area contributed by atoms with Crippen molar-refractivity contribution in [3.63, 3.8) is 0 Å². The first-order valence-corrected chi connectivity index (χ1v) is 10.8. The molecule has 0 N–H and O–H groups in total. The Hall–Kier alpha value is -1.99. The number of halogens is 2. The molecule has 1 amide bonds. The number of hydrogen-bond donors (Lipinski definition) is 0. The van der Waals surface area contributed by atoms with E-state index in [1.54, 1.807) is 23.2 Å². The van der Waals surface area contributed by atoms with Crippen LogP contribution in [0.2, 0.25) is 0 Å². The minimum absolute atomic E-state index is 0.0420. The number of unbranched alkanes of at least 4 members (excludes halogenated alkanes) is 1. The van der Waals surface area contributed by atoms with Crippen LogP contribution in [0, 0.1) is 5.82 Å². The molecule has 0 unspecified atom stereocenters. The first-order valence-electron chi connectivity index (χ1n) is 9.16. The fourth-order valence-corrected chi connectivity index (χ4v) is 4.18. The SMILES string of the molecule is CCCC[C@@H]1S/C(=N/N=C\c2ccc(Br)cc2)N(Cc2ccc(F)cc2)C1=O. The molecule has 1 saturated heterocycles. The largest absolute Gasteiger partial charge is 0.284 e. The molecule has 28 heavy (non-hydrogen) atoms. The van der Waals surface area contributed by atoms with Gasteiger partial charge in [0, 0.05) is 4.47 Å². The summed E-state index contributed by atoms with van der Waals surface area (Å²) in [6, 6.07) is 13.9. The van der Waals surface area contributed by atoms with Crippen LogP contribution in [0.5, 0.6) is 0 Å². The molecule has 0 bridgehead atoms. The van der Waals surface area contributed by atoms with Gasteiger partial charge in [0.2, 0.25) is 5.91 Å². The monoisotopic (exact) mass is 461 g/mol. The average Bonchev–Trinajstić information content (AvgIpc) is 2.98. The summed E-state index contributed by atoms with van der Waals surface area (Å²) < 4.78 is 14.2. The molecule has 0 aliphatic carbocycles. The van der Waals surface area contributed by atoms with Crippen molar-refractivity contribution in [1.82, 2.24) is 4.90 Å². The van der Waals surface area contributed by atoms with Gasteiger partial charge in [0.25, 0.3) is 0 Å². The second-order valence-corrected chi connectivity index (χ2v) is 8.56.